The van der Waals surface area contributed by atoms with E-state index in [1.54, 1.807) is 45.2 Å². The Hall–Kier alpha value is -3.46. The lowest BCUT2D eigenvalue weighted by molar-refractivity contribution is -0.130. The Morgan fingerprint density at radius 3 is 2.11 bits per heavy atom. The molecule has 9 heteroatoms. The molecule has 2 heterocycles. The number of piperazine rings is 1. The zero-order valence-electron chi connectivity index (χ0n) is 20.2. The number of hydrogen-bond donors (Lipinski definition) is 0. The number of ether oxygens (including phenoxy) is 1. The summed E-state index contributed by atoms with van der Waals surface area (Å²) in [5, 5.41) is 8.28. The van der Waals surface area contributed by atoms with Crippen molar-refractivity contribution in [1.29, 1.82) is 0 Å². The summed E-state index contributed by atoms with van der Waals surface area (Å²) in [6.07, 6.45) is 0.248. The quantitative estimate of drug-likeness (QED) is 0.498. The normalized spacial score (nSPS) is 14.3. The van der Waals surface area contributed by atoms with Gasteiger partial charge in [0, 0.05) is 31.7 Å². The molecule has 1 amide bonds. The van der Waals surface area contributed by atoms with Crippen LogP contribution in [-0.2, 0) is 21.1 Å². The van der Waals surface area contributed by atoms with Crippen molar-refractivity contribution in [2.75, 3.05) is 38.2 Å². The molecule has 0 unspecified atom stereocenters. The minimum absolute atomic E-state index is 0.0325. The predicted molar refractivity (Wildman–Crippen MR) is 135 cm³/mol. The third-order valence-electron chi connectivity index (χ3n) is 6.22. The molecule has 0 radical (unpaired) electrons. The van der Waals surface area contributed by atoms with Gasteiger partial charge in [-0.1, -0.05) is 12.1 Å². The Balaban J connectivity index is 1.31. The number of aromatic nitrogens is 2. The van der Waals surface area contributed by atoms with E-state index in [2.05, 4.69) is 15.1 Å². The van der Waals surface area contributed by atoms with E-state index >= 15 is 0 Å². The summed E-state index contributed by atoms with van der Waals surface area (Å²) in [7, 11) is -1.68. The van der Waals surface area contributed by atoms with E-state index in [0.717, 1.165) is 28.4 Å². The maximum absolute atomic E-state index is 12.8. The Morgan fingerprint density at radius 2 is 1.57 bits per heavy atom. The molecule has 2 aromatic carbocycles. The molecule has 184 valence electrons. The van der Waals surface area contributed by atoms with Crippen LogP contribution in [-0.4, -0.2) is 68.0 Å². The average molecular weight is 495 g/mol. The van der Waals surface area contributed by atoms with Gasteiger partial charge in [0.15, 0.2) is 15.7 Å². The molecule has 8 nitrogen and oxygen atoms in total. The van der Waals surface area contributed by atoms with Crippen LogP contribution in [0.2, 0.25) is 0 Å². The zero-order valence-corrected chi connectivity index (χ0v) is 21.0. The minimum Gasteiger partial charge on any atom is -0.497 e. The van der Waals surface area contributed by atoms with Gasteiger partial charge in [-0.2, -0.15) is 0 Å². The van der Waals surface area contributed by atoms with Crippen LogP contribution in [0.15, 0.2) is 65.6 Å². The van der Waals surface area contributed by atoms with Crippen LogP contribution in [0.4, 0.5) is 5.82 Å². The fourth-order valence-corrected chi connectivity index (χ4v) is 5.01. The predicted octanol–water partition coefficient (Wildman–Crippen LogP) is 3.23. The number of anilines is 1. The van der Waals surface area contributed by atoms with Crippen LogP contribution in [0.1, 0.15) is 19.4 Å². The van der Waals surface area contributed by atoms with Crippen molar-refractivity contribution >= 4 is 21.6 Å². The first-order valence-electron chi connectivity index (χ1n) is 11.6. The van der Waals surface area contributed by atoms with Crippen molar-refractivity contribution in [3.63, 3.8) is 0 Å². The van der Waals surface area contributed by atoms with Crippen LogP contribution >= 0.6 is 0 Å². The van der Waals surface area contributed by atoms with Gasteiger partial charge in [0.25, 0.3) is 0 Å². The van der Waals surface area contributed by atoms with E-state index < -0.39 is 15.1 Å². The highest BCUT2D eigenvalue weighted by molar-refractivity contribution is 7.92. The fraction of sp³-hybridized carbons (Fsp3) is 0.346. The second-order valence-electron chi connectivity index (χ2n) is 8.79. The van der Waals surface area contributed by atoms with Crippen LogP contribution in [0.25, 0.3) is 11.3 Å². The number of nitrogens with zero attached hydrogens (tertiary/aromatic N) is 4. The standard InChI is InChI=1S/C26H30N4O4S/c1-19(2)35(32,33)23-10-4-20(5-11-23)18-26(31)30-16-14-29(15-17-30)25-13-12-24(27-28-25)21-6-8-22(34-3)9-7-21/h4-13,19H,14-18H2,1-3H3. The van der Waals surface area contributed by atoms with E-state index in [1.807, 2.05) is 41.3 Å². The van der Waals surface area contributed by atoms with Crippen molar-refractivity contribution in [3.8, 4) is 17.0 Å². The first-order chi connectivity index (χ1) is 16.8. The summed E-state index contributed by atoms with van der Waals surface area (Å²) in [5.41, 5.74) is 2.56. The smallest absolute Gasteiger partial charge is 0.227 e. The molecule has 3 aromatic rings. The largest absolute Gasteiger partial charge is 0.497 e. The van der Waals surface area contributed by atoms with Crippen molar-refractivity contribution in [2.24, 2.45) is 0 Å². The van der Waals surface area contributed by atoms with Crippen LogP contribution in [0.5, 0.6) is 5.75 Å². The van der Waals surface area contributed by atoms with Gasteiger partial charge >= 0.3 is 0 Å². The van der Waals surface area contributed by atoms with Crippen LogP contribution in [0, 0.1) is 0 Å². The number of rotatable bonds is 7. The number of amides is 1. The summed E-state index contributed by atoms with van der Waals surface area (Å²) in [5.74, 6) is 1.61. The van der Waals surface area contributed by atoms with Gasteiger partial charge in [-0.15, -0.1) is 10.2 Å². The second-order valence-corrected chi connectivity index (χ2v) is 11.3. The minimum atomic E-state index is -3.31. The third-order valence-corrected chi connectivity index (χ3v) is 8.39. The SMILES string of the molecule is COc1ccc(-c2ccc(N3CCN(C(=O)Cc4ccc(S(=O)(=O)C(C)C)cc4)CC3)nn2)cc1. The number of carbonyl (C=O) groups is 1. The number of carbonyl (C=O) groups excluding carboxylic acids is 1. The Morgan fingerprint density at radius 1 is 0.914 bits per heavy atom. The molecule has 4 rings (SSSR count). The van der Waals surface area contributed by atoms with Crippen molar-refractivity contribution < 1.29 is 17.9 Å². The van der Waals surface area contributed by atoms with E-state index in [9.17, 15) is 13.2 Å². The van der Waals surface area contributed by atoms with E-state index in [4.69, 9.17) is 4.74 Å². The summed E-state index contributed by atoms with van der Waals surface area (Å²) in [6.45, 7) is 5.86. The van der Waals surface area contributed by atoms with Gasteiger partial charge in [-0.3, -0.25) is 4.79 Å². The summed E-state index contributed by atoms with van der Waals surface area (Å²) >= 11 is 0. The van der Waals surface area contributed by atoms with Crippen molar-refractivity contribution in [2.45, 2.75) is 30.4 Å². The molecule has 35 heavy (non-hydrogen) atoms. The summed E-state index contributed by atoms with van der Waals surface area (Å²) < 4.78 is 29.8. The molecule has 0 atom stereocenters. The number of sulfone groups is 1. The van der Waals surface area contributed by atoms with Gasteiger partial charge in [-0.25, -0.2) is 8.42 Å². The van der Waals surface area contributed by atoms with Crippen LogP contribution < -0.4 is 9.64 Å². The molecule has 1 aliphatic rings. The first kappa shape index (κ1) is 24.7. The molecular formula is C26H30N4O4S. The van der Waals surface area contributed by atoms with Gasteiger partial charge in [0.2, 0.25) is 5.91 Å². The molecule has 0 aliphatic carbocycles. The lowest BCUT2D eigenvalue weighted by Gasteiger charge is -2.35. The average Bonchev–Trinajstić information content (AvgIpc) is 2.89. The highest BCUT2D eigenvalue weighted by atomic mass is 32.2. The molecule has 1 aliphatic heterocycles. The Bertz CT molecular complexity index is 1250. The second kappa shape index (κ2) is 10.4. The lowest BCUT2D eigenvalue weighted by atomic mass is 10.1. The maximum atomic E-state index is 12.8. The highest BCUT2D eigenvalue weighted by Crippen LogP contribution is 2.22. The number of methoxy groups -OCH3 is 1. The number of benzene rings is 2. The lowest BCUT2D eigenvalue weighted by Crippen LogP contribution is -2.49. The molecule has 1 fully saturated rings. The molecule has 1 aromatic heterocycles. The van der Waals surface area contributed by atoms with E-state index in [0.29, 0.717) is 26.2 Å². The maximum Gasteiger partial charge on any atom is 0.227 e. The Kier molecular flexibility index (Phi) is 7.35. The Labute approximate surface area is 206 Å². The highest BCUT2D eigenvalue weighted by Gasteiger charge is 2.23. The zero-order chi connectivity index (χ0) is 25.0. The summed E-state index contributed by atoms with van der Waals surface area (Å²) in [4.78, 5) is 17.1. The molecule has 1 saturated heterocycles. The molecule has 0 N–H and O–H groups in total. The van der Waals surface area contributed by atoms with Gasteiger partial charge < -0.3 is 14.5 Å². The fourth-order valence-electron chi connectivity index (χ4n) is 3.95. The van der Waals surface area contributed by atoms with Crippen LogP contribution in [0.3, 0.4) is 0 Å². The monoisotopic (exact) mass is 494 g/mol. The first-order valence-corrected chi connectivity index (χ1v) is 13.2. The summed E-state index contributed by atoms with van der Waals surface area (Å²) in [6, 6.07) is 18.2. The molecule has 0 saturated carbocycles. The third kappa shape index (κ3) is 5.62. The molecular weight excluding hydrogens is 464 g/mol. The van der Waals surface area contributed by atoms with Gasteiger partial charge in [-0.05, 0) is 67.9 Å². The van der Waals surface area contributed by atoms with E-state index in [1.165, 1.54) is 0 Å². The van der Waals surface area contributed by atoms with E-state index in [-0.39, 0.29) is 17.2 Å². The van der Waals surface area contributed by atoms with Crippen molar-refractivity contribution in [1.82, 2.24) is 15.1 Å². The molecule has 0 spiro atoms. The van der Waals surface area contributed by atoms with Gasteiger partial charge in [0.1, 0.15) is 5.75 Å². The van der Waals surface area contributed by atoms with Crippen molar-refractivity contribution in [3.05, 3.63) is 66.2 Å². The molecule has 0 bridgehead atoms. The number of hydrogen-bond acceptors (Lipinski definition) is 7. The topological polar surface area (TPSA) is 92.7 Å². The van der Waals surface area contributed by atoms with Gasteiger partial charge in [0.05, 0.1) is 29.4 Å².